The Bertz CT molecular complexity index is 260. The predicted molar refractivity (Wildman–Crippen MR) is 51.1 cm³/mol. The molecule has 1 aromatic carbocycles. The quantitative estimate of drug-likeness (QED) is 0.622. The predicted octanol–water partition coefficient (Wildman–Crippen LogP) is 2.49. The van der Waals surface area contributed by atoms with E-state index in [0.717, 1.165) is 11.3 Å². The van der Waals surface area contributed by atoms with Gasteiger partial charge >= 0.3 is 0 Å². The van der Waals surface area contributed by atoms with Gasteiger partial charge in [0.1, 0.15) is 0 Å². The van der Waals surface area contributed by atoms with Crippen molar-refractivity contribution in [3.05, 3.63) is 22.7 Å². The van der Waals surface area contributed by atoms with Crippen LogP contribution in [0.25, 0.3) is 0 Å². The Morgan fingerprint density at radius 3 is 2.50 bits per heavy atom. The first-order chi connectivity index (χ1) is 5.69. The molecule has 0 saturated carbocycles. The number of halogens is 1. The van der Waals surface area contributed by atoms with Gasteiger partial charge in [0, 0.05) is 12.1 Å². The third kappa shape index (κ3) is 1.62. The highest BCUT2D eigenvalue weighted by molar-refractivity contribution is 6.31. The van der Waals surface area contributed by atoms with Crippen LogP contribution in [0.1, 0.15) is 5.56 Å². The highest BCUT2D eigenvalue weighted by atomic mass is 35.5. The van der Waals surface area contributed by atoms with E-state index in [2.05, 4.69) is 10.8 Å². The summed E-state index contributed by atoms with van der Waals surface area (Å²) in [5.41, 5.74) is 4.44. The van der Waals surface area contributed by atoms with Crippen molar-refractivity contribution < 1.29 is 5.21 Å². The van der Waals surface area contributed by atoms with Crippen LogP contribution in [0.5, 0.6) is 0 Å². The maximum atomic E-state index is 8.72. The van der Waals surface area contributed by atoms with Gasteiger partial charge in [0.25, 0.3) is 0 Å². The first-order valence-corrected chi connectivity index (χ1v) is 3.95. The summed E-state index contributed by atoms with van der Waals surface area (Å²) >= 11 is 5.84. The van der Waals surface area contributed by atoms with Crippen LogP contribution >= 0.6 is 11.6 Å². The number of aryl methyl sites for hydroxylation is 1. The molecule has 12 heavy (non-hydrogen) atoms. The molecule has 0 heterocycles. The summed E-state index contributed by atoms with van der Waals surface area (Å²) in [5, 5.41) is 12.3. The van der Waals surface area contributed by atoms with Crippen LogP contribution in [0.15, 0.2) is 12.1 Å². The zero-order valence-electron chi connectivity index (χ0n) is 6.98. The number of benzene rings is 1. The average molecular weight is 187 g/mol. The van der Waals surface area contributed by atoms with Gasteiger partial charge in [-0.05, 0) is 24.6 Å². The second-order valence-electron chi connectivity index (χ2n) is 2.51. The molecule has 0 radical (unpaired) electrons. The minimum Gasteiger partial charge on any atom is -0.386 e. The molecule has 0 spiro atoms. The van der Waals surface area contributed by atoms with Crippen molar-refractivity contribution in [1.29, 1.82) is 0 Å². The highest BCUT2D eigenvalue weighted by Gasteiger charge is 2.03. The van der Waals surface area contributed by atoms with Crippen LogP contribution in [0, 0.1) is 6.92 Å². The third-order valence-electron chi connectivity index (χ3n) is 1.69. The second-order valence-corrected chi connectivity index (χ2v) is 2.92. The molecule has 0 fully saturated rings. The van der Waals surface area contributed by atoms with Gasteiger partial charge in [-0.25, -0.2) is 0 Å². The Hall–Kier alpha value is -0.930. The van der Waals surface area contributed by atoms with E-state index in [1.54, 1.807) is 13.1 Å². The molecule has 66 valence electrons. The number of anilines is 2. The standard InChI is InChI=1S/C8H11ClN2O/c1-5-3-7(10-2)8(11-12)4-6(5)9/h3-4,10-12H,1-2H3. The summed E-state index contributed by atoms with van der Waals surface area (Å²) < 4.78 is 0. The Morgan fingerprint density at radius 1 is 1.33 bits per heavy atom. The molecule has 0 bridgehead atoms. The Kier molecular flexibility index (Phi) is 2.78. The van der Waals surface area contributed by atoms with E-state index in [1.807, 2.05) is 13.0 Å². The number of hydrogen-bond acceptors (Lipinski definition) is 3. The summed E-state index contributed by atoms with van der Waals surface area (Å²) in [4.78, 5) is 0. The smallest absolute Gasteiger partial charge is 0.0848 e. The molecule has 0 unspecified atom stereocenters. The van der Waals surface area contributed by atoms with Crippen molar-refractivity contribution in [3.63, 3.8) is 0 Å². The third-order valence-corrected chi connectivity index (χ3v) is 2.10. The lowest BCUT2D eigenvalue weighted by molar-refractivity contribution is 0.389. The maximum Gasteiger partial charge on any atom is 0.0848 e. The van der Waals surface area contributed by atoms with Crippen LogP contribution < -0.4 is 10.8 Å². The van der Waals surface area contributed by atoms with E-state index in [4.69, 9.17) is 16.8 Å². The van der Waals surface area contributed by atoms with E-state index in [0.29, 0.717) is 10.7 Å². The maximum absolute atomic E-state index is 8.72. The lowest BCUT2D eigenvalue weighted by Crippen LogP contribution is -1.97. The van der Waals surface area contributed by atoms with E-state index in [9.17, 15) is 0 Å². The summed E-state index contributed by atoms with van der Waals surface area (Å²) in [6, 6.07) is 3.53. The van der Waals surface area contributed by atoms with Gasteiger partial charge < -0.3 is 5.32 Å². The lowest BCUT2D eigenvalue weighted by Gasteiger charge is -2.09. The van der Waals surface area contributed by atoms with Gasteiger partial charge in [0.2, 0.25) is 0 Å². The van der Waals surface area contributed by atoms with Gasteiger partial charge in [-0.1, -0.05) is 11.6 Å². The molecular weight excluding hydrogens is 176 g/mol. The molecule has 0 aliphatic rings. The molecule has 0 aromatic heterocycles. The fraction of sp³-hybridized carbons (Fsp3) is 0.250. The van der Waals surface area contributed by atoms with Crippen molar-refractivity contribution in [2.24, 2.45) is 0 Å². The lowest BCUT2D eigenvalue weighted by atomic mass is 10.2. The van der Waals surface area contributed by atoms with Gasteiger partial charge in [-0.15, -0.1) is 0 Å². The number of hydrogen-bond donors (Lipinski definition) is 3. The van der Waals surface area contributed by atoms with Crippen LogP contribution in [0.3, 0.4) is 0 Å². The fourth-order valence-corrected chi connectivity index (χ4v) is 1.14. The molecule has 0 amide bonds. The number of rotatable bonds is 2. The largest absolute Gasteiger partial charge is 0.386 e. The van der Waals surface area contributed by atoms with Crippen molar-refractivity contribution in [2.45, 2.75) is 6.92 Å². The molecule has 0 saturated heterocycles. The minimum atomic E-state index is 0.577. The molecule has 0 aliphatic carbocycles. The fourth-order valence-electron chi connectivity index (χ4n) is 0.981. The summed E-state index contributed by atoms with van der Waals surface area (Å²) in [7, 11) is 1.78. The molecule has 1 aromatic rings. The molecule has 3 nitrogen and oxygen atoms in total. The van der Waals surface area contributed by atoms with Crippen LogP contribution in [0.2, 0.25) is 5.02 Å². The van der Waals surface area contributed by atoms with E-state index < -0.39 is 0 Å². The SMILES string of the molecule is CNc1cc(C)c(Cl)cc1NO. The van der Waals surface area contributed by atoms with E-state index >= 15 is 0 Å². The molecular formula is C8H11ClN2O. The average Bonchev–Trinajstić information content (AvgIpc) is 2.09. The van der Waals surface area contributed by atoms with Crippen molar-refractivity contribution in [3.8, 4) is 0 Å². The van der Waals surface area contributed by atoms with E-state index in [1.165, 1.54) is 0 Å². The Balaban J connectivity index is 3.19. The van der Waals surface area contributed by atoms with Gasteiger partial charge in [0.05, 0.1) is 11.4 Å². The van der Waals surface area contributed by atoms with Gasteiger partial charge in [-0.3, -0.25) is 10.7 Å². The summed E-state index contributed by atoms with van der Waals surface area (Å²) in [6.07, 6.45) is 0. The zero-order chi connectivity index (χ0) is 9.14. The first-order valence-electron chi connectivity index (χ1n) is 3.57. The Morgan fingerprint density at radius 2 is 2.00 bits per heavy atom. The highest BCUT2D eigenvalue weighted by Crippen LogP contribution is 2.28. The first kappa shape index (κ1) is 9.16. The van der Waals surface area contributed by atoms with Crippen molar-refractivity contribution >= 4 is 23.0 Å². The summed E-state index contributed by atoms with van der Waals surface area (Å²) in [6.45, 7) is 1.91. The van der Waals surface area contributed by atoms with Crippen molar-refractivity contribution in [2.75, 3.05) is 17.8 Å². The van der Waals surface area contributed by atoms with Gasteiger partial charge in [0.15, 0.2) is 0 Å². The second kappa shape index (κ2) is 3.65. The van der Waals surface area contributed by atoms with E-state index in [-0.39, 0.29) is 0 Å². The van der Waals surface area contributed by atoms with Crippen molar-refractivity contribution in [1.82, 2.24) is 0 Å². The topological polar surface area (TPSA) is 44.3 Å². The molecule has 0 atom stereocenters. The monoisotopic (exact) mass is 186 g/mol. The molecule has 0 aliphatic heterocycles. The normalized spacial score (nSPS) is 9.67. The van der Waals surface area contributed by atoms with Crippen LogP contribution in [-0.4, -0.2) is 12.3 Å². The van der Waals surface area contributed by atoms with Gasteiger partial charge in [-0.2, -0.15) is 0 Å². The zero-order valence-corrected chi connectivity index (χ0v) is 7.74. The molecule has 3 N–H and O–H groups in total. The molecule has 1 rings (SSSR count). The minimum absolute atomic E-state index is 0.577. The number of nitrogens with one attached hydrogen (secondary N) is 2. The van der Waals surface area contributed by atoms with Crippen LogP contribution in [-0.2, 0) is 0 Å². The summed E-state index contributed by atoms with van der Waals surface area (Å²) in [5.74, 6) is 0. The van der Waals surface area contributed by atoms with Crippen LogP contribution in [0.4, 0.5) is 11.4 Å². The molecule has 4 heteroatoms. The Labute approximate surface area is 76.3 Å².